The van der Waals surface area contributed by atoms with Crippen LogP contribution < -0.4 is 19.6 Å². The fourth-order valence-electron chi connectivity index (χ4n) is 2.16. The van der Waals surface area contributed by atoms with E-state index in [0.29, 0.717) is 23.9 Å². The van der Waals surface area contributed by atoms with Crippen LogP contribution in [0.5, 0.6) is 17.2 Å². The van der Waals surface area contributed by atoms with E-state index >= 15 is 0 Å². The maximum atomic E-state index is 11.8. The van der Waals surface area contributed by atoms with E-state index in [4.69, 9.17) is 14.2 Å². The fraction of sp³-hybridized carbons (Fsp3) is 0.300. The molecule has 0 aliphatic carbocycles. The van der Waals surface area contributed by atoms with Crippen molar-refractivity contribution in [3.63, 3.8) is 0 Å². The van der Waals surface area contributed by atoms with Crippen molar-refractivity contribution in [3.8, 4) is 17.2 Å². The van der Waals surface area contributed by atoms with Crippen molar-refractivity contribution in [2.45, 2.75) is 20.3 Å². The van der Waals surface area contributed by atoms with Crippen molar-refractivity contribution in [2.24, 2.45) is 5.10 Å². The third-order valence-electron chi connectivity index (χ3n) is 3.41. The molecule has 0 heterocycles. The van der Waals surface area contributed by atoms with Gasteiger partial charge in [-0.2, -0.15) is 5.10 Å². The molecule has 0 saturated heterocycles. The zero-order chi connectivity index (χ0) is 18.8. The van der Waals surface area contributed by atoms with Gasteiger partial charge in [0.05, 0.1) is 19.9 Å². The summed E-state index contributed by atoms with van der Waals surface area (Å²) in [6, 6.07) is 13.0. The first kappa shape index (κ1) is 19.3. The van der Waals surface area contributed by atoms with Crippen molar-refractivity contribution < 1.29 is 19.0 Å². The van der Waals surface area contributed by atoms with E-state index in [1.54, 1.807) is 19.2 Å². The Kier molecular flexibility index (Phi) is 7.49. The highest BCUT2D eigenvalue weighted by molar-refractivity contribution is 5.83. The lowest BCUT2D eigenvalue weighted by molar-refractivity contribution is -0.123. The van der Waals surface area contributed by atoms with Gasteiger partial charge in [0, 0.05) is 0 Å². The molecule has 0 unspecified atom stereocenters. The Hall–Kier alpha value is -3.02. The minimum atomic E-state index is -0.336. The molecule has 2 aromatic carbocycles. The summed E-state index contributed by atoms with van der Waals surface area (Å²) in [6.07, 6.45) is 2.46. The van der Waals surface area contributed by atoms with Crippen LogP contribution in [0.25, 0.3) is 0 Å². The maximum Gasteiger partial charge on any atom is 0.277 e. The summed E-state index contributed by atoms with van der Waals surface area (Å²) >= 11 is 0. The minimum Gasteiger partial charge on any atom is -0.493 e. The van der Waals surface area contributed by atoms with Gasteiger partial charge < -0.3 is 14.2 Å². The predicted octanol–water partition coefficient (Wildman–Crippen LogP) is 3.32. The largest absolute Gasteiger partial charge is 0.493 e. The SMILES string of the molecule is CCCOc1ccc(/C=N/NC(=O)COc2cccc(C)c2)cc1OC. The van der Waals surface area contributed by atoms with Crippen LogP contribution in [-0.2, 0) is 4.79 Å². The Balaban J connectivity index is 1.86. The fourth-order valence-corrected chi connectivity index (χ4v) is 2.16. The Morgan fingerprint density at radius 2 is 2.00 bits per heavy atom. The second kappa shape index (κ2) is 10.1. The summed E-state index contributed by atoms with van der Waals surface area (Å²) in [7, 11) is 1.58. The number of carbonyl (C=O) groups is 1. The van der Waals surface area contributed by atoms with Crippen LogP contribution in [0, 0.1) is 6.92 Å². The van der Waals surface area contributed by atoms with Crippen molar-refractivity contribution >= 4 is 12.1 Å². The molecule has 0 aliphatic rings. The zero-order valence-corrected chi connectivity index (χ0v) is 15.3. The summed E-state index contributed by atoms with van der Waals surface area (Å²) in [6.45, 7) is 4.53. The van der Waals surface area contributed by atoms with Gasteiger partial charge in [0.25, 0.3) is 5.91 Å². The monoisotopic (exact) mass is 356 g/mol. The van der Waals surface area contributed by atoms with Gasteiger partial charge in [-0.05, 0) is 54.8 Å². The summed E-state index contributed by atoms with van der Waals surface area (Å²) in [5.41, 5.74) is 4.29. The summed E-state index contributed by atoms with van der Waals surface area (Å²) in [5.74, 6) is 1.62. The Morgan fingerprint density at radius 1 is 1.15 bits per heavy atom. The second-order valence-corrected chi connectivity index (χ2v) is 5.66. The highest BCUT2D eigenvalue weighted by Crippen LogP contribution is 2.27. The van der Waals surface area contributed by atoms with Crippen LogP contribution in [0.2, 0.25) is 0 Å². The number of rotatable bonds is 9. The van der Waals surface area contributed by atoms with E-state index in [0.717, 1.165) is 17.5 Å². The standard InChI is InChI=1S/C20H24N2O4/c1-4-10-25-18-9-8-16(12-19(18)24-3)13-21-22-20(23)14-26-17-7-5-6-15(2)11-17/h5-9,11-13H,4,10,14H2,1-3H3,(H,22,23)/b21-13+. The molecule has 6 heteroatoms. The lowest BCUT2D eigenvalue weighted by Crippen LogP contribution is -2.24. The van der Waals surface area contributed by atoms with Gasteiger partial charge in [0.1, 0.15) is 5.75 Å². The van der Waals surface area contributed by atoms with Gasteiger partial charge in [-0.15, -0.1) is 0 Å². The molecule has 2 rings (SSSR count). The number of methoxy groups -OCH3 is 1. The third kappa shape index (κ3) is 6.12. The number of hydrogen-bond donors (Lipinski definition) is 1. The van der Waals surface area contributed by atoms with Gasteiger partial charge in [-0.25, -0.2) is 5.43 Å². The number of carbonyl (C=O) groups excluding carboxylic acids is 1. The zero-order valence-electron chi connectivity index (χ0n) is 15.3. The van der Waals surface area contributed by atoms with Crippen molar-refractivity contribution in [1.29, 1.82) is 0 Å². The number of ether oxygens (including phenoxy) is 3. The summed E-state index contributed by atoms with van der Waals surface area (Å²) in [5, 5.41) is 3.94. The van der Waals surface area contributed by atoms with Crippen molar-refractivity contribution in [1.82, 2.24) is 5.43 Å². The molecule has 0 spiro atoms. The van der Waals surface area contributed by atoms with Crippen LogP contribution in [0.15, 0.2) is 47.6 Å². The smallest absolute Gasteiger partial charge is 0.277 e. The van der Waals surface area contributed by atoms with Crippen molar-refractivity contribution in [2.75, 3.05) is 20.3 Å². The van der Waals surface area contributed by atoms with E-state index in [2.05, 4.69) is 10.5 Å². The predicted molar refractivity (Wildman–Crippen MR) is 101 cm³/mol. The van der Waals surface area contributed by atoms with Crippen LogP contribution in [0.3, 0.4) is 0 Å². The maximum absolute atomic E-state index is 11.8. The molecule has 0 aromatic heterocycles. The summed E-state index contributed by atoms with van der Waals surface area (Å²) < 4.78 is 16.3. The number of aryl methyl sites for hydroxylation is 1. The van der Waals surface area contributed by atoms with E-state index < -0.39 is 0 Å². The topological polar surface area (TPSA) is 69.2 Å². The van der Waals surface area contributed by atoms with E-state index in [1.807, 2.05) is 44.2 Å². The molecule has 0 saturated carbocycles. The van der Waals surface area contributed by atoms with E-state index in [1.165, 1.54) is 6.21 Å². The molecular weight excluding hydrogens is 332 g/mol. The molecule has 26 heavy (non-hydrogen) atoms. The molecular formula is C20H24N2O4. The second-order valence-electron chi connectivity index (χ2n) is 5.66. The van der Waals surface area contributed by atoms with Gasteiger partial charge >= 0.3 is 0 Å². The molecule has 0 bridgehead atoms. The van der Waals surface area contributed by atoms with Crippen LogP contribution >= 0.6 is 0 Å². The molecule has 6 nitrogen and oxygen atoms in total. The Morgan fingerprint density at radius 3 is 2.73 bits per heavy atom. The van der Waals surface area contributed by atoms with Gasteiger partial charge in [0.2, 0.25) is 0 Å². The summed E-state index contributed by atoms with van der Waals surface area (Å²) in [4.78, 5) is 11.8. The quantitative estimate of drug-likeness (QED) is 0.553. The van der Waals surface area contributed by atoms with Gasteiger partial charge in [-0.1, -0.05) is 19.1 Å². The van der Waals surface area contributed by atoms with Crippen LogP contribution in [0.4, 0.5) is 0 Å². The minimum absolute atomic E-state index is 0.103. The van der Waals surface area contributed by atoms with E-state index in [-0.39, 0.29) is 12.5 Å². The average Bonchev–Trinajstić information content (AvgIpc) is 2.65. The van der Waals surface area contributed by atoms with Gasteiger partial charge in [-0.3, -0.25) is 4.79 Å². The molecule has 0 fully saturated rings. The van der Waals surface area contributed by atoms with E-state index in [9.17, 15) is 4.79 Å². The van der Waals surface area contributed by atoms with Crippen LogP contribution in [0.1, 0.15) is 24.5 Å². The molecule has 0 atom stereocenters. The average molecular weight is 356 g/mol. The highest BCUT2D eigenvalue weighted by atomic mass is 16.5. The number of nitrogens with zero attached hydrogens (tertiary/aromatic N) is 1. The first-order chi connectivity index (χ1) is 12.6. The first-order valence-electron chi connectivity index (χ1n) is 8.44. The number of amides is 1. The molecule has 138 valence electrons. The van der Waals surface area contributed by atoms with Gasteiger partial charge in [0.15, 0.2) is 18.1 Å². The normalized spacial score (nSPS) is 10.6. The lowest BCUT2D eigenvalue weighted by atomic mass is 10.2. The Bertz CT molecular complexity index is 759. The van der Waals surface area contributed by atoms with Crippen LogP contribution in [-0.4, -0.2) is 32.4 Å². The first-order valence-corrected chi connectivity index (χ1v) is 8.44. The molecule has 1 amide bonds. The highest BCUT2D eigenvalue weighted by Gasteiger charge is 2.05. The third-order valence-corrected chi connectivity index (χ3v) is 3.41. The molecule has 0 aliphatic heterocycles. The number of nitrogens with one attached hydrogen (secondary N) is 1. The number of hydrogen-bond acceptors (Lipinski definition) is 5. The number of hydrazone groups is 1. The molecule has 0 radical (unpaired) electrons. The molecule has 1 N–H and O–H groups in total. The number of benzene rings is 2. The lowest BCUT2D eigenvalue weighted by Gasteiger charge is -2.10. The molecule has 2 aromatic rings. The van der Waals surface area contributed by atoms with Crippen molar-refractivity contribution in [3.05, 3.63) is 53.6 Å². The Labute approximate surface area is 153 Å².